The molecule has 0 unspecified atom stereocenters. The van der Waals surface area contributed by atoms with Gasteiger partial charge in [-0.05, 0) is 62.1 Å². The number of nitrogens with zero attached hydrogens (tertiary/aromatic N) is 3. The molecule has 0 aliphatic rings. The molecule has 0 amide bonds. The zero-order valence-corrected chi connectivity index (χ0v) is 14.3. The molecule has 2 aromatic heterocycles. The second-order valence-corrected chi connectivity index (χ2v) is 6.32. The first-order valence-corrected chi connectivity index (χ1v) is 8.44. The van der Waals surface area contributed by atoms with E-state index >= 15 is 0 Å². The molecule has 0 atom stereocenters. The van der Waals surface area contributed by atoms with E-state index in [9.17, 15) is 0 Å². The Bertz CT molecular complexity index is 718. The van der Waals surface area contributed by atoms with Crippen LogP contribution in [0, 0.1) is 0 Å². The number of rotatable bonds is 7. The van der Waals surface area contributed by atoms with Crippen LogP contribution in [-0.2, 0) is 19.4 Å². The van der Waals surface area contributed by atoms with Gasteiger partial charge in [-0.3, -0.25) is 4.98 Å². The zero-order chi connectivity index (χ0) is 16.8. The second kappa shape index (κ2) is 7.77. The predicted octanol–water partition coefficient (Wildman–Crippen LogP) is 4.00. The van der Waals surface area contributed by atoms with Crippen molar-refractivity contribution in [3.63, 3.8) is 0 Å². The first kappa shape index (κ1) is 16.2. The van der Waals surface area contributed by atoms with Crippen LogP contribution < -0.4 is 4.90 Å². The molecule has 0 spiro atoms. The lowest BCUT2D eigenvalue weighted by molar-refractivity contribution is 0.675. The highest BCUT2D eigenvalue weighted by Gasteiger charge is 2.12. The summed E-state index contributed by atoms with van der Waals surface area (Å²) in [4.78, 5) is 13.7. The van der Waals surface area contributed by atoms with E-state index in [1.165, 1.54) is 16.8 Å². The number of H-pyrrole nitrogens is 1. The van der Waals surface area contributed by atoms with Gasteiger partial charge in [0.15, 0.2) is 0 Å². The van der Waals surface area contributed by atoms with Crippen LogP contribution in [0.25, 0.3) is 0 Å². The molecule has 0 aliphatic heterocycles. The summed E-state index contributed by atoms with van der Waals surface area (Å²) in [5.74, 6) is 0. The Morgan fingerprint density at radius 1 is 0.917 bits per heavy atom. The van der Waals surface area contributed by atoms with E-state index in [1.807, 2.05) is 18.6 Å². The molecule has 0 saturated carbocycles. The van der Waals surface area contributed by atoms with Crippen molar-refractivity contribution in [1.82, 2.24) is 15.0 Å². The maximum atomic E-state index is 4.11. The van der Waals surface area contributed by atoms with Crippen molar-refractivity contribution >= 4 is 5.69 Å². The van der Waals surface area contributed by atoms with E-state index < -0.39 is 0 Å². The minimum absolute atomic E-state index is 0.427. The maximum Gasteiger partial charge on any atom is 0.0922 e. The molecule has 1 aromatic carbocycles. The Balaban J connectivity index is 1.65. The van der Waals surface area contributed by atoms with Crippen LogP contribution in [0.4, 0.5) is 5.69 Å². The number of aromatic nitrogens is 3. The first-order valence-electron chi connectivity index (χ1n) is 8.44. The molecule has 24 heavy (non-hydrogen) atoms. The fraction of sp³-hybridized carbons (Fsp3) is 0.300. The number of aryl methyl sites for hydroxylation is 2. The van der Waals surface area contributed by atoms with Crippen molar-refractivity contribution in [1.29, 1.82) is 0 Å². The molecule has 4 nitrogen and oxygen atoms in total. The average molecular weight is 320 g/mol. The van der Waals surface area contributed by atoms with E-state index in [0.29, 0.717) is 6.04 Å². The van der Waals surface area contributed by atoms with Gasteiger partial charge in [-0.2, -0.15) is 0 Å². The van der Waals surface area contributed by atoms with Crippen molar-refractivity contribution in [2.75, 3.05) is 4.90 Å². The molecule has 4 heteroatoms. The molecule has 2 heterocycles. The van der Waals surface area contributed by atoms with Gasteiger partial charge >= 0.3 is 0 Å². The van der Waals surface area contributed by atoms with Crippen LogP contribution in [-0.4, -0.2) is 21.0 Å². The third-order valence-corrected chi connectivity index (χ3v) is 4.24. The molecule has 0 aliphatic carbocycles. The van der Waals surface area contributed by atoms with Gasteiger partial charge in [-0.25, -0.2) is 4.98 Å². The van der Waals surface area contributed by atoms with Crippen LogP contribution in [0.3, 0.4) is 0 Å². The summed E-state index contributed by atoms with van der Waals surface area (Å²) in [6.45, 7) is 5.27. The Morgan fingerprint density at radius 3 is 2.17 bits per heavy atom. The number of pyridine rings is 1. The SMILES string of the molecule is CC(C)N(Cc1cnc[nH]1)c1ccc(CCc2ccncc2)cc1. The number of benzene rings is 1. The topological polar surface area (TPSA) is 44.8 Å². The third-order valence-electron chi connectivity index (χ3n) is 4.24. The van der Waals surface area contributed by atoms with E-state index in [2.05, 4.69) is 70.1 Å². The molecule has 3 aromatic rings. The largest absolute Gasteiger partial charge is 0.363 e. The van der Waals surface area contributed by atoms with Crippen LogP contribution in [0.1, 0.15) is 30.7 Å². The monoisotopic (exact) mass is 320 g/mol. The quantitative estimate of drug-likeness (QED) is 0.715. The van der Waals surface area contributed by atoms with Gasteiger partial charge in [0.2, 0.25) is 0 Å². The van der Waals surface area contributed by atoms with Crippen molar-refractivity contribution < 1.29 is 0 Å². The normalized spacial score (nSPS) is 11.0. The maximum absolute atomic E-state index is 4.11. The van der Waals surface area contributed by atoms with Gasteiger partial charge in [0.25, 0.3) is 0 Å². The molecule has 3 rings (SSSR count). The fourth-order valence-electron chi connectivity index (χ4n) is 2.82. The van der Waals surface area contributed by atoms with Gasteiger partial charge in [0.1, 0.15) is 0 Å². The van der Waals surface area contributed by atoms with Crippen molar-refractivity contribution in [3.05, 3.63) is 78.1 Å². The lowest BCUT2D eigenvalue weighted by atomic mass is 10.0. The minimum atomic E-state index is 0.427. The van der Waals surface area contributed by atoms with Crippen molar-refractivity contribution in [2.45, 2.75) is 39.3 Å². The van der Waals surface area contributed by atoms with E-state index in [4.69, 9.17) is 0 Å². The Morgan fingerprint density at radius 2 is 1.58 bits per heavy atom. The van der Waals surface area contributed by atoms with Gasteiger partial charge < -0.3 is 9.88 Å². The highest BCUT2D eigenvalue weighted by molar-refractivity contribution is 5.48. The number of hydrogen-bond donors (Lipinski definition) is 1. The van der Waals surface area contributed by atoms with Crippen molar-refractivity contribution in [2.24, 2.45) is 0 Å². The minimum Gasteiger partial charge on any atom is -0.363 e. The first-order chi connectivity index (χ1) is 11.7. The number of imidazole rings is 1. The number of aromatic amines is 1. The smallest absolute Gasteiger partial charge is 0.0922 e. The molecular weight excluding hydrogens is 296 g/mol. The predicted molar refractivity (Wildman–Crippen MR) is 98.0 cm³/mol. The Kier molecular flexibility index (Phi) is 5.26. The summed E-state index contributed by atoms with van der Waals surface area (Å²) < 4.78 is 0. The highest BCUT2D eigenvalue weighted by Crippen LogP contribution is 2.21. The molecule has 0 bridgehead atoms. The highest BCUT2D eigenvalue weighted by atomic mass is 15.2. The van der Waals surface area contributed by atoms with Gasteiger partial charge in [0.05, 0.1) is 18.6 Å². The summed E-state index contributed by atoms with van der Waals surface area (Å²) >= 11 is 0. The number of nitrogens with one attached hydrogen (secondary N) is 1. The third kappa shape index (κ3) is 4.22. The lowest BCUT2D eigenvalue weighted by Gasteiger charge is -2.28. The summed E-state index contributed by atoms with van der Waals surface area (Å²) in [6.07, 6.45) is 9.42. The summed E-state index contributed by atoms with van der Waals surface area (Å²) in [5.41, 5.74) is 5.07. The van der Waals surface area contributed by atoms with E-state index in [-0.39, 0.29) is 0 Å². The summed E-state index contributed by atoms with van der Waals surface area (Å²) in [7, 11) is 0. The van der Waals surface area contributed by atoms with E-state index in [0.717, 1.165) is 25.1 Å². The Hall–Kier alpha value is -2.62. The van der Waals surface area contributed by atoms with Crippen LogP contribution in [0.5, 0.6) is 0 Å². The second-order valence-electron chi connectivity index (χ2n) is 6.32. The summed E-state index contributed by atoms with van der Waals surface area (Å²) in [5, 5.41) is 0. The molecule has 0 fully saturated rings. The number of hydrogen-bond acceptors (Lipinski definition) is 3. The molecule has 0 saturated heterocycles. The zero-order valence-electron chi connectivity index (χ0n) is 14.3. The lowest BCUT2D eigenvalue weighted by Crippen LogP contribution is -2.30. The number of anilines is 1. The fourth-order valence-corrected chi connectivity index (χ4v) is 2.82. The molecular formula is C20H24N4. The average Bonchev–Trinajstić information content (AvgIpc) is 3.12. The van der Waals surface area contributed by atoms with Crippen LogP contribution in [0.15, 0.2) is 61.3 Å². The summed E-state index contributed by atoms with van der Waals surface area (Å²) in [6, 6.07) is 13.5. The standard InChI is InChI=1S/C20H24N4/c1-16(2)24(14-19-13-22-15-23-19)20-7-5-17(6-8-20)3-4-18-9-11-21-12-10-18/h5-13,15-16H,3-4,14H2,1-2H3,(H,22,23). The molecule has 1 N–H and O–H groups in total. The van der Waals surface area contributed by atoms with Crippen LogP contribution >= 0.6 is 0 Å². The van der Waals surface area contributed by atoms with Gasteiger partial charge in [-0.15, -0.1) is 0 Å². The Labute approximate surface area is 143 Å². The van der Waals surface area contributed by atoms with Gasteiger partial charge in [-0.1, -0.05) is 12.1 Å². The van der Waals surface area contributed by atoms with E-state index in [1.54, 1.807) is 6.33 Å². The van der Waals surface area contributed by atoms with Crippen LogP contribution in [0.2, 0.25) is 0 Å². The van der Waals surface area contributed by atoms with Crippen molar-refractivity contribution in [3.8, 4) is 0 Å². The van der Waals surface area contributed by atoms with Gasteiger partial charge in [0, 0.05) is 30.3 Å². The molecule has 124 valence electrons. The molecule has 0 radical (unpaired) electrons.